The molecule has 0 saturated heterocycles. The summed E-state index contributed by atoms with van der Waals surface area (Å²) in [6, 6.07) is 5.25. The van der Waals surface area contributed by atoms with Gasteiger partial charge >= 0.3 is 0 Å². The van der Waals surface area contributed by atoms with Crippen LogP contribution < -0.4 is 10.1 Å². The fourth-order valence-electron chi connectivity index (χ4n) is 1.86. The number of nitrogens with zero attached hydrogens (tertiary/aromatic N) is 2. The van der Waals surface area contributed by atoms with E-state index in [2.05, 4.69) is 15.3 Å². The standard InChI is InChI=1S/C14H11F2N3OS/c1-7-5-9-12(18-14(17-2)19-13(9)21-7)20-8-3-4-10(15)11(16)6-8/h3-6H,1-2H3,(H,17,18,19). The van der Waals surface area contributed by atoms with E-state index < -0.39 is 11.6 Å². The van der Waals surface area contributed by atoms with Crippen LogP contribution in [0.1, 0.15) is 4.88 Å². The van der Waals surface area contributed by atoms with Crippen LogP contribution in [-0.4, -0.2) is 17.0 Å². The number of anilines is 1. The summed E-state index contributed by atoms with van der Waals surface area (Å²) >= 11 is 1.51. The zero-order valence-corrected chi connectivity index (χ0v) is 12.1. The van der Waals surface area contributed by atoms with Crippen molar-refractivity contribution >= 4 is 27.5 Å². The topological polar surface area (TPSA) is 47.0 Å². The molecule has 21 heavy (non-hydrogen) atoms. The summed E-state index contributed by atoms with van der Waals surface area (Å²) in [6.07, 6.45) is 0. The van der Waals surface area contributed by atoms with Gasteiger partial charge in [-0.3, -0.25) is 0 Å². The number of aromatic nitrogens is 2. The molecule has 0 aliphatic rings. The van der Waals surface area contributed by atoms with Crippen molar-refractivity contribution in [1.29, 1.82) is 0 Å². The Hall–Kier alpha value is -2.28. The lowest BCUT2D eigenvalue weighted by Gasteiger charge is -2.07. The lowest BCUT2D eigenvalue weighted by molar-refractivity contribution is 0.452. The Morgan fingerprint density at radius 1 is 1.14 bits per heavy atom. The highest BCUT2D eigenvalue weighted by molar-refractivity contribution is 7.18. The van der Waals surface area contributed by atoms with Gasteiger partial charge in [0.2, 0.25) is 11.8 Å². The van der Waals surface area contributed by atoms with Crippen LogP contribution in [0.3, 0.4) is 0 Å². The van der Waals surface area contributed by atoms with Crippen LogP contribution in [0.25, 0.3) is 10.2 Å². The van der Waals surface area contributed by atoms with E-state index in [4.69, 9.17) is 4.74 Å². The summed E-state index contributed by atoms with van der Waals surface area (Å²) in [4.78, 5) is 10.4. The quantitative estimate of drug-likeness (QED) is 0.791. The number of halogens is 2. The molecule has 2 heterocycles. The van der Waals surface area contributed by atoms with Crippen LogP contribution in [0.4, 0.5) is 14.7 Å². The van der Waals surface area contributed by atoms with E-state index in [0.29, 0.717) is 11.8 Å². The highest BCUT2D eigenvalue weighted by atomic mass is 32.1. The van der Waals surface area contributed by atoms with E-state index in [0.717, 1.165) is 27.2 Å². The molecule has 0 atom stereocenters. The van der Waals surface area contributed by atoms with Gasteiger partial charge in [-0.25, -0.2) is 13.8 Å². The molecule has 0 radical (unpaired) electrons. The maximum absolute atomic E-state index is 13.2. The maximum atomic E-state index is 13.2. The summed E-state index contributed by atoms with van der Waals surface area (Å²) in [5.41, 5.74) is 0. The van der Waals surface area contributed by atoms with Gasteiger partial charge in [0.05, 0.1) is 5.39 Å². The van der Waals surface area contributed by atoms with E-state index in [1.54, 1.807) is 7.05 Å². The van der Waals surface area contributed by atoms with Crippen molar-refractivity contribution in [2.75, 3.05) is 12.4 Å². The van der Waals surface area contributed by atoms with Gasteiger partial charge in [0.25, 0.3) is 0 Å². The summed E-state index contributed by atoms with van der Waals surface area (Å²) in [6.45, 7) is 1.95. The molecule has 0 amide bonds. The van der Waals surface area contributed by atoms with Crippen molar-refractivity contribution in [2.45, 2.75) is 6.92 Å². The Labute approximate surface area is 123 Å². The third-order valence-electron chi connectivity index (χ3n) is 2.81. The number of hydrogen-bond acceptors (Lipinski definition) is 5. The summed E-state index contributed by atoms with van der Waals surface area (Å²) in [5.74, 6) is -0.993. The molecule has 2 aromatic heterocycles. The van der Waals surface area contributed by atoms with Gasteiger partial charge in [0.15, 0.2) is 11.6 Å². The molecular weight excluding hydrogens is 296 g/mol. The SMILES string of the molecule is CNc1nc(Oc2ccc(F)c(F)c2)c2cc(C)sc2n1. The first-order valence-electron chi connectivity index (χ1n) is 6.15. The minimum atomic E-state index is -0.965. The molecule has 1 aromatic carbocycles. The first-order chi connectivity index (χ1) is 10.1. The number of aryl methyl sites for hydroxylation is 1. The summed E-state index contributed by atoms with van der Waals surface area (Å²) in [7, 11) is 1.70. The van der Waals surface area contributed by atoms with Gasteiger partial charge < -0.3 is 10.1 Å². The summed E-state index contributed by atoms with van der Waals surface area (Å²) < 4.78 is 31.8. The van der Waals surface area contributed by atoms with Crippen LogP contribution >= 0.6 is 11.3 Å². The predicted octanol–water partition coefficient (Wildman–Crippen LogP) is 4.11. The maximum Gasteiger partial charge on any atom is 0.232 e. The molecule has 0 bridgehead atoms. The van der Waals surface area contributed by atoms with Crippen LogP contribution in [0.5, 0.6) is 11.6 Å². The van der Waals surface area contributed by atoms with E-state index in [1.165, 1.54) is 17.4 Å². The zero-order valence-electron chi connectivity index (χ0n) is 11.3. The molecule has 3 aromatic rings. The van der Waals surface area contributed by atoms with E-state index in [-0.39, 0.29) is 5.75 Å². The molecule has 0 unspecified atom stereocenters. The lowest BCUT2D eigenvalue weighted by Crippen LogP contribution is -1.98. The number of nitrogens with one attached hydrogen (secondary N) is 1. The number of fused-ring (bicyclic) bond motifs is 1. The molecule has 4 nitrogen and oxygen atoms in total. The minimum Gasteiger partial charge on any atom is -0.438 e. The first kappa shape index (κ1) is 13.7. The highest BCUT2D eigenvalue weighted by Gasteiger charge is 2.13. The molecule has 1 N–H and O–H groups in total. The fraction of sp³-hybridized carbons (Fsp3) is 0.143. The lowest BCUT2D eigenvalue weighted by atomic mass is 10.3. The van der Waals surface area contributed by atoms with Crippen molar-refractivity contribution < 1.29 is 13.5 Å². The third-order valence-corrected chi connectivity index (χ3v) is 3.75. The van der Waals surface area contributed by atoms with Gasteiger partial charge in [-0.1, -0.05) is 0 Å². The van der Waals surface area contributed by atoms with Gasteiger partial charge in [0.1, 0.15) is 10.6 Å². The Bertz CT molecular complexity index is 819. The Morgan fingerprint density at radius 3 is 2.67 bits per heavy atom. The second-order valence-electron chi connectivity index (χ2n) is 4.36. The molecule has 0 aliphatic heterocycles. The number of hydrogen-bond donors (Lipinski definition) is 1. The molecule has 0 fully saturated rings. The van der Waals surface area contributed by atoms with Crippen molar-refractivity contribution in [3.05, 3.63) is 40.8 Å². The first-order valence-corrected chi connectivity index (χ1v) is 6.97. The smallest absolute Gasteiger partial charge is 0.232 e. The molecule has 108 valence electrons. The van der Waals surface area contributed by atoms with E-state index >= 15 is 0 Å². The Balaban J connectivity index is 2.07. The monoisotopic (exact) mass is 307 g/mol. The Kier molecular flexibility index (Phi) is 3.42. The van der Waals surface area contributed by atoms with Gasteiger partial charge in [-0.2, -0.15) is 4.98 Å². The number of ether oxygens (including phenoxy) is 1. The number of thiophene rings is 1. The van der Waals surface area contributed by atoms with E-state index in [9.17, 15) is 8.78 Å². The van der Waals surface area contributed by atoms with Crippen molar-refractivity contribution in [1.82, 2.24) is 9.97 Å². The van der Waals surface area contributed by atoms with Crippen LogP contribution in [0.2, 0.25) is 0 Å². The van der Waals surface area contributed by atoms with Crippen molar-refractivity contribution in [2.24, 2.45) is 0 Å². The second kappa shape index (κ2) is 5.25. The summed E-state index contributed by atoms with van der Waals surface area (Å²) in [5, 5.41) is 3.58. The average molecular weight is 307 g/mol. The molecule has 7 heteroatoms. The second-order valence-corrected chi connectivity index (χ2v) is 5.59. The van der Waals surface area contributed by atoms with Gasteiger partial charge in [-0.15, -0.1) is 11.3 Å². The average Bonchev–Trinajstić information content (AvgIpc) is 2.83. The van der Waals surface area contributed by atoms with E-state index in [1.807, 2.05) is 13.0 Å². The van der Waals surface area contributed by atoms with Gasteiger partial charge in [0, 0.05) is 18.0 Å². The number of rotatable bonds is 3. The van der Waals surface area contributed by atoms with Crippen LogP contribution in [0, 0.1) is 18.6 Å². The van der Waals surface area contributed by atoms with Crippen molar-refractivity contribution in [3.8, 4) is 11.6 Å². The molecule has 3 rings (SSSR count). The normalized spacial score (nSPS) is 10.9. The largest absolute Gasteiger partial charge is 0.438 e. The highest BCUT2D eigenvalue weighted by Crippen LogP contribution is 2.33. The zero-order chi connectivity index (χ0) is 15.0. The van der Waals surface area contributed by atoms with Crippen molar-refractivity contribution in [3.63, 3.8) is 0 Å². The predicted molar refractivity (Wildman–Crippen MR) is 78.1 cm³/mol. The van der Waals surface area contributed by atoms with Crippen LogP contribution in [0.15, 0.2) is 24.3 Å². The molecule has 0 saturated carbocycles. The molecule has 0 spiro atoms. The number of benzene rings is 1. The molecule has 0 aliphatic carbocycles. The molecular formula is C14H11F2N3OS. The third kappa shape index (κ3) is 2.64. The van der Waals surface area contributed by atoms with Crippen LogP contribution in [-0.2, 0) is 0 Å². The fourth-order valence-corrected chi connectivity index (χ4v) is 2.73. The minimum absolute atomic E-state index is 0.180. The van der Waals surface area contributed by atoms with Gasteiger partial charge in [-0.05, 0) is 25.1 Å². The Morgan fingerprint density at radius 2 is 1.95 bits per heavy atom.